The van der Waals surface area contributed by atoms with Crippen molar-refractivity contribution in [3.05, 3.63) is 65.5 Å². The summed E-state index contributed by atoms with van der Waals surface area (Å²) in [6, 6.07) is 14.8. The van der Waals surface area contributed by atoms with Gasteiger partial charge in [-0.25, -0.2) is 4.39 Å². The quantitative estimate of drug-likeness (QED) is 0.828. The molecule has 1 unspecified atom stereocenters. The highest BCUT2D eigenvalue weighted by Gasteiger charge is 2.09. The van der Waals surface area contributed by atoms with Crippen molar-refractivity contribution in [3.63, 3.8) is 0 Å². The van der Waals surface area contributed by atoms with Gasteiger partial charge in [0.05, 0.1) is 6.04 Å². The van der Waals surface area contributed by atoms with E-state index in [1.807, 2.05) is 43.3 Å². The van der Waals surface area contributed by atoms with Gasteiger partial charge in [0, 0.05) is 5.69 Å². The summed E-state index contributed by atoms with van der Waals surface area (Å²) in [5.74, 6) is -0.196. The summed E-state index contributed by atoms with van der Waals surface area (Å²) >= 11 is 5.25. The van der Waals surface area contributed by atoms with Crippen LogP contribution in [-0.2, 0) is 0 Å². The molecule has 0 aliphatic heterocycles. The third-order valence-electron chi connectivity index (χ3n) is 3.08. The van der Waals surface area contributed by atoms with E-state index in [2.05, 4.69) is 10.6 Å². The van der Waals surface area contributed by atoms with E-state index in [0.717, 1.165) is 11.3 Å². The van der Waals surface area contributed by atoms with E-state index >= 15 is 0 Å². The predicted molar refractivity (Wildman–Crippen MR) is 85.4 cm³/mol. The molecular formula is C16H17FN2S. The molecule has 0 fully saturated rings. The van der Waals surface area contributed by atoms with E-state index in [0.29, 0.717) is 10.7 Å². The Balaban J connectivity index is 1.98. The van der Waals surface area contributed by atoms with Crippen LogP contribution in [0.5, 0.6) is 0 Å². The third kappa shape index (κ3) is 3.78. The van der Waals surface area contributed by atoms with Gasteiger partial charge in [0.15, 0.2) is 5.11 Å². The van der Waals surface area contributed by atoms with Crippen LogP contribution in [0.2, 0.25) is 0 Å². The molecule has 2 N–H and O–H groups in total. The maximum absolute atomic E-state index is 13.5. The molecular weight excluding hydrogens is 271 g/mol. The van der Waals surface area contributed by atoms with Crippen molar-refractivity contribution in [2.45, 2.75) is 19.9 Å². The van der Waals surface area contributed by atoms with Crippen LogP contribution in [0.15, 0.2) is 48.5 Å². The minimum atomic E-state index is -0.196. The Hall–Kier alpha value is -1.94. The zero-order chi connectivity index (χ0) is 14.5. The Labute approximate surface area is 124 Å². The zero-order valence-corrected chi connectivity index (χ0v) is 12.3. The molecule has 0 aliphatic rings. The van der Waals surface area contributed by atoms with Crippen LogP contribution in [0.1, 0.15) is 24.1 Å². The number of hydrogen-bond donors (Lipinski definition) is 2. The van der Waals surface area contributed by atoms with E-state index in [4.69, 9.17) is 12.2 Å². The van der Waals surface area contributed by atoms with Crippen LogP contribution in [0, 0.1) is 12.7 Å². The molecule has 2 aromatic carbocycles. The van der Waals surface area contributed by atoms with Crippen LogP contribution < -0.4 is 10.6 Å². The minimum Gasteiger partial charge on any atom is -0.356 e. The lowest BCUT2D eigenvalue weighted by Crippen LogP contribution is -2.30. The number of aryl methyl sites for hydroxylation is 1. The van der Waals surface area contributed by atoms with Crippen LogP contribution in [0.4, 0.5) is 10.1 Å². The lowest BCUT2D eigenvalue weighted by atomic mass is 10.1. The summed E-state index contributed by atoms with van der Waals surface area (Å²) in [5.41, 5.74) is 2.43. The van der Waals surface area contributed by atoms with E-state index in [-0.39, 0.29) is 11.9 Å². The first-order valence-corrected chi connectivity index (χ1v) is 6.85. The topological polar surface area (TPSA) is 24.1 Å². The van der Waals surface area contributed by atoms with Gasteiger partial charge in [-0.05, 0) is 55.4 Å². The van der Waals surface area contributed by atoms with Gasteiger partial charge >= 0.3 is 0 Å². The summed E-state index contributed by atoms with van der Waals surface area (Å²) in [4.78, 5) is 0. The van der Waals surface area contributed by atoms with Crippen LogP contribution in [0.25, 0.3) is 0 Å². The molecule has 0 saturated heterocycles. The van der Waals surface area contributed by atoms with Crippen LogP contribution in [-0.4, -0.2) is 5.11 Å². The van der Waals surface area contributed by atoms with E-state index in [1.165, 1.54) is 6.07 Å². The molecule has 2 rings (SSSR count). The Bertz CT molecular complexity index is 599. The first kappa shape index (κ1) is 14.5. The number of benzene rings is 2. The first-order valence-electron chi connectivity index (χ1n) is 6.45. The SMILES string of the molecule is Cc1ccc(C(C)NC(=S)Nc2ccccc2)cc1F. The van der Waals surface area contributed by atoms with Gasteiger partial charge in [-0.2, -0.15) is 0 Å². The molecule has 1 atom stereocenters. The average Bonchev–Trinajstić information content (AvgIpc) is 2.42. The molecule has 2 nitrogen and oxygen atoms in total. The highest BCUT2D eigenvalue weighted by molar-refractivity contribution is 7.80. The second-order valence-corrected chi connectivity index (χ2v) is 5.10. The fourth-order valence-electron chi connectivity index (χ4n) is 1.85. The Kier molecular flexibility index (Phi) is 4.69. The highest BCUT2D eigenvalue weighted by atomic mass is 32.1. The molecule has 0 amide bonds. The molecule has 0 heterocycles. The summed E-state index contributed by atoms with van der Waals surface area (Å²) in [7, 11) is 0. The number of halogens is 1. The molecule has 104 valence electrons. The van der Waals surface area contributed by atoms with Crippen LogP contribution >= 0.6 is 12.2 Å². The maximum Gasteiger partial charge on any atom is 0.171 e. The molecule has 20 heavy (non-hydrogen) atoms. The fraction of sp³-hybridized carbons (Fsp3) is 0.188. The molecule has 0 bridgehead atoms. The monoisotopic (exact) mass is 288 g/mol. The van der Waals surface area contributed by atoms with Gasteiger partial charge in [0.1, 0.15) is 5.82 Å². The van der Waals surface area contributed by atoms with Crippen molar-refractivity contribution in [2.24, 2.45) is 0 Å². The van der Waals surface area contributed by atoms with Crippen LogP contribution in [0.3, 0.4) is 0 Å². The van der Waals surface area contributed by atoms with Crippen molar-refractivity contribution in [3.8, 4) is 0 Å². The zero-order valence-electron chi connectivity index (χ0n) is 11.5. The molecule has 0 saturated carbocycles. The maximum atomic E-state index is 13.5. The lowest BCUT2D eigenvalue weighted by molar-refractivity contribution is 0.609. The molecule has 0 aliphatic carbocycles. The van der Waals surface area contributed by atoms with Crippen molar-refractivity contribution in [1.82, 2.24) is 5.32 Å². The fourth-order valence-corrected chi connectivity index (χ4v) is 2.14. The van der Waals surface area contributed by atoms with Crippen molar-refractivity contribution >= 4 is 23.0 Å². The van der Waals surface area contributed by atoms with Crippen molar-refractivity contribution < 1.29 is 4.39 Å². The smallest absolute Gasteiger partial charge is 0.171 e. The third-order valence-corrected chi connectivity index (χ3v) is 3.30. The van der Waals surface area contributed by atoms with Crippen molar-refractivity contribution in [2.75, 3.05) is 5.32 Å². The van der Waals surface area contributed by atoms with Crippen molar-refractivity contribution in [1.29, 1.82) is 0 Å². The summed E-state index contributed by atoms with van der Waals surface area (Å²) in [6.45, 7) is 3.70. The largest absolute Gasteiger partial charge is 0.356 e. The van der Waals surface area contributed by atoms with Gasteiger partial charge in [0.25, 0.3) is 0 Å². The lowest BCUT2D eigenvalue weighted by Gasteiger charge is -2.17. The van der Waals surface area contributed by atoms with E-state index in [1.54, 1.807) is 13.0 Å². The number of para-hydroxylation sites is 1. The Morgan fingerprint density at radius 3 is 2.50 bits per heavy atom. The van der Waals surface area contributed by atoms with E-state index in [9.17, 15) is 4.39 Å². The number of thiocarbonyl (C=S) groups is 1. The van der Waals surface area contributed by atoms with Gasteiger partial charge in [-0.1, -0.05) is 30.3 Å². The summed E-state index contributed by atoms with van der Waals surface area (Å²) < 4.78 is 13.5. The number of rotatable bonds is 3. The van der Waals surface area contributed by atoms with E-state index < -0.39 is 0 Å². The summed E-state index contributed by atoms with van der Waals surface area (Å²) in [5, 5.41) is 6.76. The summed E-state index contributed by atoms with van der Waals surface area (Å²) in [6.07, 6.45) is 0. The molecule has 0 radical (unpaired) electrons. The molecule has 0 spiro atoms. The highest BCUT2D eigenvalue weighted by Crippen LogP contribution is 2.16. The normalized spacial score (nSPS) is 11.8. The number of nitrogens with one attached hydrogen (secondary N) is 2. The van der Waals surface area contributed by atoms with Gasteiger partial charge in [-0.15, -0.1) is 0 Å². The second-order valence-electron chi connectivity index (χ2n) is 4.69. The first-order chi connectivity index (χ1) is 9.56. The Morgan fingerprint density at radius 2 is 1.85 bits per heavy atom. The predicted octanol–water partition coefficient (Wildman–Crippen LogP) is 4.18. The van der Waals surface area contributed by atoms with Gasteiger partial charge in [-0.3, -0.25) is 0 Å². The number of hydrogen-bond acceptors (Lipinski definition) is 1. The standard InChI is InChI=1S/C16H17FN2S/c1-11-8-9-13(10-15(11)17)12(2)18-16(20)19-14-6-4-3-5-7-14/h3-10,12H,1-2H3,(H2,18,19,20). The molecule has 4 heteroatoms. The number of anilines is 1. The molecule has 2 aromatic rings. The minimum absolute atomic E-state index is 0.0613. The Morgan fingerprint density at radius 1 is 1.15 bits per heavy atom. The van der Waals surface area contributed by atoms with Gasteiger partial charge < -0.3 is 10.6 Å². The van der Waals surface area contributed by atoms with Gasteiger partial charge in [0.2, 0.25) is 0 Å². The second kappa shape index (κ2) is 6.48. The molecule has 0 aromatic heterocycles. The average molecular weight is 288 g/mol.